The molecule has 0 aliphatic carbocycles. The molecule has 0 fully saturated rings. The summed E-state index contributed by atoms with van der Waals surface area (Å²) in [6.45, 7) is 0. The molecule has 1 aromatic carbocycles. The van der Waals surface area contributed by atoms with Crippen molar-refractivity contribution in [3.8, 4) is 0 Å². The molecule has 0 unspecified atom stereocenters. The molecular formula is C7H3BrClFO. The zero-order chi connectivity index (χ0) is 8.43. The summed E-state index contributed by atoms with van der Waals surface area (Å²) in [5.41, 5.74) is 0.145. The van der Waals surface area contributed by atoms with Gasteiger partial charge in [0.15, 0.2) is 6.29 Å². The molecule has 58 valence electrons. The molecule has 0 bridgehead atoms. The summed E-state index contributed by atoms with van der Waals surface area (Å²) >= 11 is 8.52. The summed E-state index contributed by atoms with van der Waals surface area (Å²) in [6, 6.07) is 2.63. The molecule has 0 atom stereocenters. The molecule has 11 heavy (non-hydrogen) atoms. The van der Waals surface area contributed by atoms with Gasteiger partial charge >= 0.3 is 0 Å². The number of benzene rings is 1. The predicted molar refractivity (Wildman–Crippen MR) is 44.5 cm³/mol. The Kier molecular flexibility index (Phi) is 2.62. The predicted octanol–water partition coefficient (Wildman–Crippen LogP) is 3.05. The molecule has 0 radical (unpaired) electrons. The van der Waals surface area contributed by atoms with Crippen LogP contribution in [0.15, 0.2) is 16.6 Å². The fourth-order valence-corrected chi connectivity index (χ4v) is 1.40. The third-order valence-corrected chi connectivity index (χ3v) is 2.27. The lowest BCUT2D eigenvalue weighted by Gasteiger charge is -1.99. The summed E-state index contributed by atoms with van der Waals surface area (Å²) < 4.78 is 13.1. The van der Waals surface area contributed by atoms with E-state index in [1.54, 1.807) is 0 Å². The van der Waals surface area contributed by atoms with Crippen LogP contribution < -0.4 is 0 Å². The minimum absolute atomic E-state index is 0.144. The molecule has 0 saturated carbocycles. The highest BCUT2D eigenvalue weighted by Crippen LogP contribution is 2.25. The summed E-state index contributed by atoms with van der Waals surface area (Å²) in [7, 11) is 0. The van der Waals surface area contributed by atoms with Gasteiger partial charge < -0.3 is 0 Å². The van der Waals surface area contributed by atoms with Gasteiger partial charge in [0.1, 0.15) is 5.82 Å². The van der Waals surface area contributed by atoms with E-state index in [4.69, 9.17) is 11.6 Å². The standard InChI is InChI=1S/C7H3BrClFO/c8-5-1-2-6(10)7(9)4(5)3-11/h1-3H. The maximum atomic E-state index is 12.6. The Balaban J connectivity index is 3.40. The largest absolute Gasteiger partial charge is 0.298 e. The lowest BCUT2D eigenvalue weighted by molar-refractivity contribution is 0.112. The van der Waals surface area contributed by atoms with Crippen LogP contribution in [0.2, 0.25) is 5.02 Å². The Morgan fingerprint density at radius 2 is 2.18 bits per heavy atom. The SMILES string of the molecule is O=Cc1c(Br)ccc(F)c1Cl. The van der Waals surface area contributed by atoms with E-state index < -0.39 is 5.82 Å². The molecule has 0 aliphatic heterocycles. The topological polar surface area (TPSA) is 17.1 Å². The van der Waals surface area contributed by atoms with Gasteiger partial charge in [0.25, 0.3) is 0 Å². The summed E-state index contributed by atoms with van der Waals surface area (Å²) in [5.74, 6) is -0.586. The Labute approximate surface area is 76.3 Å². The number of carbonyl (C=O) groups excluding carboxylic acids is 1. The number of halogens is 3. The van der Waals surface area contributed by atoms with Crippen LogP contribution in [0, 0.1) is 5.82 Å². The van der Waals surface area contributed by atoms with Crippen LogP contribution in [-0.2, 0) is 0 Å². The number of hydrogen-bond donors (Lipinski definition) is 0. The Morgan fingerprint density at radius 1 is 1.55 bits per heavy atom. The van der Waals surface area contributed by atoms with E-state index in [1.807, 2.05) is 0 Å². The molecule has 1 rings (SSSR count). The van der Waals surface area contributed by atoms with Crippen LogP contribution in [0.3, 0.4) is 0 Å². The van der Waals surface area contributed by atoms with Crippen molar-refractivity contribution in [2.45, 2.75) is 0 Å². The third kappa shape index (κ3) is 1.60. The molecule has 0 saturated heterocycles. The van der Waals surface area contributed by atoms with Crippen molar-refractivity contribution < 1.29 is 9.18 Å². The summed E-state index contributed by atoms with van der Waals surface area (Å²) in [6.07, 6.45) is 0.509. The molecule has 0 N–H and O–H groups in total. The van der Waals surface area contributed by atoms with Crippen LogP contribution in [0.25, 0.3) is 0 Å². The maximum absolute atomic E-state index is 12.6. The molecular weight excluding hydrogens is 234 g/mol. The molecule has 4 heteroatoms. The summed E-state index contributed by atoms with van der Waals surface area (Å²) in [5, 5.41) is -0.144. The first-order valence-corrected chi connectivity index (χ1v) is 3.92. The van der Waals surface area contributed by atoms with Gasteiger partial charge in [-0.05, 0) is 12.1 Å². The lowest BCUT2D eigenvalue weighted by atomic mass is 10.2. The maximum Gasteiger partial charge on any atom is 0.152 e. The van der Waals surface area contributed by atoms with E-state index in [9.17, 15) is 9.18 Å². The van der Waals surface area contributed by atoms with E-state index in [0.29, 0.717) is 10.8 Å². The van der Waals surface area contributed by atoms with Gasteiger partial charge in [-0.3, -0.25) is 4.79 Å². The molecule has 1 nitrogen and oxygen atoms in total. The Bertz CT molecular complexity index is 301. The lowest BCUT2D eigenvalue weighted by Crippen LogP contribution is -1.87. The van der Waals surface area contributed by atoms with Crippen molar-refractivity contribution in [2.24, 2.45) is 0 Å². The van der Waals surface area contributed by atoms with E-state index >= 15 is 0 Å². The van der Waals surface area contributed by atoms with Crippen LogP contribution in [0.4, 0.5) is 4.39 Å². The molecule has 0 heterocycles. The van der Waals surface area contributed by atoms with Gasteiger partial charge in [-0.25, -0.2) is 4.39 Å². The van der Waals surface area contributed by atoms with Crippen molar-refractivity contribution in [3.05, 3.63) is 33.0 Å². The number of carbonyl (C=O) groups is 1. The number of rotatable bonds is 1. The number of aldehydes is 1. The first-order chi connectivity index (χ1) is 5.16. The van der Waals surface area contributed by atoms with Crippen molar-refractivity contribution in [1.82, 2.24) is 0 Å². The fourth-order valence-electron chi connectivity index (χ4n) is 0.651. The van der Waals surface area contributed by atoms with Crippen molar-refractivity contribution in [1.29, 1.82) is 0 Å². The third-order valence-electron chi connectivity index (χ3n) is 1.20. The molecule has 0 aromatic heterocycles. The molecule has 1 aromatic rings. The van der Waals surface area contributed by atoms with Gasteiger partial charge in [-0.2, -0.15) is 0 Å². The van der Waals surface area contributed by atoms with Gasteiger partial charge in [0.2, 0.25) is 0 Å². The molecule has 0 amide bonds. The Morgan fingerprint density at radius 3 is 2.64 bits per heavy atom. The molecule has 0 spiro atoms. The highest BCUT2D eigenvalue weighted by molar-refractivity contribution is 9.10. The van der Waals surface area contributed by atoms with Crippen LogP contribution >= 0.6 is 27.5 Å². The van der Waals surface area contributed by atoms with Crippen LogP contribution in [0.1, 0.15) is 10.4 Å². The second-order valence-corrected chi connectivity index (χ2v) is 3.11. The monoisotopic (exact) mass is 236 g/mol. The van der Waals surface area contributed by atoms with Gasteiger partial charge in [-0.15, -0.1) is 0 Å². The minimum Gasteiger partial charge on any atom is -0.298 e. The van der Waals surface area contributed by atoms with Gasteiger partial charge in [0, 0.05) is 4.47 Å². The van der Waals surface area contributed by atoms with Crippen molar-refractivity contribution >= 4 is 33.8 Å². The zero-order valence-electron chi connectivity index (χ0n) is 5.27. The first kappa shape index (κ1) is 8.68. The van der Waals surface area contributed by atoms with E-state index in [-0.39, 0.29) is 10.6 Å². The Hall–Kier alpha value is -0.410. The normalized spacial score (nSPS) is 9.73. The number of hydrogen-bond acceptors (Lipinski definition) is 1. The van der Waals surface area contributed by atoms with Gasteiger partial charge in [-0.1, -0.05) is 27.5 Å². The second kappa shape index (κ2) is 3.32. The highest BCUT2D eigenvalue weighted by atomic mass is 79.9. The van der Waals surface area contributed by atoms with Crippen molar-refractivity contribution in [2.75, 3.05) is 0 Å². The quantitative estimate of drug-likeness (QED) is 0.542. The second-order valence-electron chi connectivity index (χ2n) is 1.87. The van der Waals surface area contributed by atoms with Crippen LogP contribution in [0.5, 0.6) is 0 Å². The summed E-state index contributed by atoms with van der Waals surface area (Å²) in [4.78, 5) is 10.3. The van der Waals surface area contributed by atoms with Gasteiger partial charge in [0.05, 0.1) is 10.6 Å². The van der Waals surface area contributed by atoms with Crippen LogP contribution in [-0.4, -0.2) is 6.29 Å². The average molecular weight is 237 g/mol. The molecule has 0 aliphatic rings. The zero-order valence-corrected chi connectivity index (χ0v) is 7.62. The van der Waals surface area contributed by atoms with E-state index in [2.05, 4.69) is 15.9 Å². The first-order valence-electron chi connectivity index (χ1n) is 2.75. The smallest absolute Gasteiger partial charge is 0.152 e. The average Bonchev–Trinajstić information content (AvgIpc) is 1.99. The minimum atomic E-state index is -0.586. The highest BCUT2D eigenvalue weighted by Gasteiger charge is 2.08. The fraction of sp³-hybridized carbons (Fsp3) is 0. The van der Waals surface area contributed by atoms with Crippen molar-refractivity contribution in [3.63, 3.8) is 0 Å². The van der Waals surface area contributed by atoms with E-state index in [0.717, 1.165) is 0 Å². The van der Waals surface area contributed by atoms with E-state index in [1.165, 1.54) is 12.1 Å².